The van der Waals surface area contributed by atoms with E-state index < -0.39 is 5.97 Å². The number of nitrogens with zero attached hydrogens (tertiary/aromatic N) is 3. The Hall–Kier alpha value is -2.41. The van der Waals surface area contributed by atoms with Crippen molar-refractivity contribution in [3.63, 3.8) is 0 Å². The SMILES string of the molecule is Cc1ccc(NC(=O)C[C@@H](CCC(=O)O)c2nnn(CCC3CCCCC3)c2C2CC2)c(Cl)c1. The van der Waals surface area contributed by atoms with Crippen molar-refractivity contribution in [3.05, 3.63) is 40.2 Å². The van der Waals surface area contributed by atoms with Crippen LogP contribution in [0.1, 0.15) is 99.4 Å². The largest absolute Gasteiger partial charge is 0.481 e. The summed E-state index contributed by atoms with van der Waals surface area (Å²) in [5.74, 6) is -0.191. The molecular weight excluding hydrogens is 452 g/mol. The van der Waals surface area contributed by atoms with Gasteiger partial charge in [0.1, 0.15) is 0 Å². The van der Waals surface area contributed by atoms with E-state index >= 15 is 0 Å². The van der Waals surface area contributed by atoms with Gasteiger partial charge >= 0.3 is 5.97 Å². The number of carbonyl (C=O) groups excluding carboxylic acids is 1. The lowest BCUT2D eigenvalue weighted by atomic mass is 9.87. The summed E-state index contributed by atoms with van der Waals surface area (Å²) in [5.41, 5.74) is 3.50. The number of aliphatic carboxylic acids is 1. The first-order valence-corrected chi connectivity index (χ1v) is 13.0. The highest BCUT2D eigenvalue weighted by Gasteiger charge is 2.35. The molecule has 2 aliphatic rings. The fraction of sp³-hybridized carbons (Fsp3) is 0.615. The molecule has 4 rings (SSSR count). The number of aryl methyl sites for hydroxylation is 2. The van der Waals surface area contributed by atoms with E-state index in [-0.39, 0.29) is 24.7 Å². The second-order valence-electron chi connectivity index (χ2n) is 10.0. The number of hydrogen-bond donors (Lipinski definition) is 2. The summed E-state index contributed by atoms with van der Waals surface area (Å²) >= 11 is 6.29. The summed E-state index contributed by atoms with van der Waals surface area (Å²) in [6.07, 6.45) is 10.4. The summed E-state index contributed by atoms with van der Waals surface area (Å²) in [6.45, 7) is 2.79. The quantitative estimate of drug-likeness (QED) is 0.402. The Morgan fingerprint density at radius 2 is 1.97 bits per heavy atom. The van der Waals surface area contributed by atoms with Crippen molar-refractivity contribution in [2.75, 3.05) is 5.32 Å². The zero-order chi connectivity index (χ0) is 24.1. The minimum Gasteiger partial charge on any atom is -0.481 e. The molecule has 0 radical (unpaired) electrons. The first-order chi connectivity index (χ1) is 16.4. The van der Waals surface area contributed by atoms with Crippen molar-refractivity contribution in [1.29, 1.82) is 0 Å². The molecular formula is C26H35ClN4O3. The molecule has 0 bridgehead atoms. The maximum absolute atomic E-state index is 12.9. The van der Waals surface area contributed by atoms with E-state index in [9.17, 15) is 14.7 Å². The minimum absolute atomic E-state index is 0.0116. The second-order valence-corrected chi connectivity index (χ2v) is 10.4. The molecule has 184 valence electrons. The number of benzene rings is 1. The number of amides is 1. The lowest BCUT2D eigenvalue weighted by molar-refractivity contribution is -0.137. The third-order valence-electron chi connectivity index (χ3n) is 7.16. The van der Waals surface area contributed by atoms with Gasteiger partial charge in [-0.2, -0.15) is 0 Å². The van der Waals surface area contributed by atoms with E-state index in [4.69, 9.17) is 11.6 Å². The fourth-order valence-electron chi connectivity index (χ4n) is 5.13. The van der Waals surface area contributed by atoms with Crippen LogP contribution in [0.3, 0.4) is 0 Å². The van der Waals surface area contributed by atoms with Crippen LogP contribution in [0, 0.1) is 12.8 Å². The molecule has 7 nitrogen and oxygen atoms in total. The van der Waals surface area contributed by atoms with Crippen molar-refractivity contribution < 1.29 is 14.7 Å². The molecule has 1 atom stereocenters. The van der Waals surface area contributed by atoms with Crippen molar-refractivity contribution in [1.82, 2.24) is 15.0 Å². The Balaban J connectivity index is 1.49. The summed E-state index contributed by atoms with van der Waals surface area (Å²) in [7, 11) is 0. The predicted molar refractivity (Wildman–Crippen MR) is 132 cm³/mol. The molecule has 2 fully saturated rings. The zero-order valence-corrected chi connectivity index (χ0v) is 20.7. The van der Waals surface area contributed by atoms with Crippen molar-refractivity contribution in [2.24, 2.45) is 5.92 Å². The molecule has 2 aliphatic carbocycles. The summed E-state index contributed by atoms with van der Waals surface area (Å²) < 4.78 is 2.05. The van der Waals surface area contributed by atoms with Crippen LogP contribution in [0.25, 0.3) is 0 Å². The highest BCUT2D eigenvalue weighted by molar-refractivity contribution is 6.33. The molecule has 0 aliphatic heterocycles. The third-order valence-corrected chi connectivity index (χ3v) is 7.48. The topological polar surface area (TPSA) is 97.1 Å². The Morgan fingerprint density at radius 3 is 2.65 bits per heavy atom. The van der Waals surface area contributed by atoms with Crippen molar-refractivity contribution in [2.45, 2.75) is 95.9 Å². The highest BCUT2D eigenvalue weighted by atomic mass is 35.5. The number of aromatic nitrogens is 3. The summed E-state index contributed by atoms with van der Waals surface area (Å²) in [4.78, 5) is 24.3. The molecule has 0 saturated heterocycles. The zero-order valence-electron chi connectivity index (χ0n) is 19.9. The number of anilines is 1. The number of rotatable bonds is 11. The van der Waals surface area contributed by atoms with Crippen molar-refractivity contribution in [3.8, 4) is 0 Å². The molecule has 0 spiro atoms. The summed E-state index contributed by atoms with van der Waals surface area (Å²) in [6, 6.07) is 5.49. The Kier molecular flexibility index (Phi) is 8.24. The van der Waals surface area contributed by atoms with Gasteiger partial charge < -0.3 is 10.4 Å². The first-order valence-electron chi connectivity index (χ1n) is 12.6. The average Bonchev–Trinajstić information content (AvgIpc) is 3.56. The number of halogens is 1. The van der Waals surface area contributed by atoms with Crippen LogP contribution in [0.2, 0.25) is 5.02 Å². The normalized spacial score (nSPS) is 17.5. The van der Waals surface area contributed by atoms with Crippen molar-refractivity contribution >= 4 is 29.2 Å². The van der Waals surface area contributed by atoms with Gasteiger partial charge in [-0.3, -0.25) is 9.59 Å². The Bertz CT molecular complexity index is 1010. The van der Waals surface area contributed by atoms with Gasteiger partial charge in [-0.05, 0) is 56.2 Å². The smallest absolute Gasteiger partial charge is 0.303 e. The number of nitrogens with one attached hydrogen (secondary N) is 1. The van der Waals surface area contributed by atoms with Gasteiger partial charge in [-0.15, -0.1) is 5.10 Å². The standard InChI is InChI=1S/C26H35ClN4O3/c1-17-7-11-22(21(27)15-17)28-23(32)16-20(10-12-24(33)34)25-26(19-8-9-19)31(30-29-25)14-13-18-5-3-2-4-6-18/h7,11,15,18-20H,2-6,8-10,12-14,16H2,1H3,(H,28,32)(H,33,34)/t20-/m1/s1. The third kappa shape index (κ3) is 6.59. The molecule has 8 heteroatoms. The first kappa shape index (κ1) is 24.7. The van der Waals surface area contributed by atoms with E-state index in [1.165, 1.54) is 32.1 Å². The van der Waals surface area contributed by atoms with E-state index in [1.54, 1.807) is 6.07 Å². The van der Waals surface area contributed by atoms with Crippen LogP contribution in [0.5, 0.6) is 0 Å². The highest BCUT2D eigenvalue weighted by Crippen LogP contribution is 2.44. The number of carbonyl (C=O) groups is 2. The van der Waals surface area contributed by atoms with Gasteiger partial charge in [0.2, 0.25) is 5.91 Å². The monoisotopic (exact) mass is 486 g/mol. The molecule has 2 aromatic rings. The van der Waals surface area contributed by atoms with Crippen LogP contribution < -0.4 is 5.32 Å². The molecule has 0 unspecified atom stereocenters. The summed E-state index contributed by atoms with van der Waals surface area (Å²) in [5, 5.41) is 21.7. The van der Waals surface area contributed by atoms with Crippen LogP contribution in [-0.4, -0.2) is 32.0 Å². The lowest BCUT2D eigenvalue weighted by Crippen LogP contribution is -2.18. The predicted octanol–water partition coefficient (Wildman–Crippen LogP) is 6.06. The van der Waals surface area contributed by atoms with Gasteiger partial charge in [-0.25, -0.2) is 4.68 Å². The number of carboxylic acids is 1. The fourth-order valence-corrected chi connectivity index (χ4v) is 5.41. The molecule has 1 aromatic heterocycles. The molecule has 34 heavy (non-hydrogen) atoms. The van der Waals surface area contributed by atoms with E-state index in [0.29, 0.717) is 23.0 Å². The van der Waals surface area contributed by atoms with Gasteiger partial charge in [0.05, 0.1) is 22.1 Å². The average molecular weight is 487 g/mol. The molecule has 1 aromatic carbocycles. The van der Waals surface area contributed by atoms with Gasteiger partial charge in [0.25, 0.3) is 0 Å². The van der Waals surface area contributed by atoms with Gasteiger partial charge in [-0.1, -0.05) is 55.0 Å². The maximum Gasteiger partial charge on any atom is 0.303 e. The number of carboxylic acid groups (broad SMARTS) is 1. The maximum atomic E-state index is 12.9. The second kappa shape index (κ2) is 11.3. The Morgan fingerprint density at radius 1 is 1.21 bits per heavy atom. The van der Waals surface area contributed by atoms with E-state index in [0.717, 1.165) is 48.7 Å². The molecule has 2 N–H and O–H groups in total. The molecule has 2 saturated carbocycles. The van der Waals surface area contributed by atoms with Crippen LogP contribution in [0.4, 0.5) is 5.69 Å². The Labute approximate surface area is 206 Å². The van der Waals surface area contributed by atoms with E-state index in [2.05, 4.69) is 15.6 Å². The van der Waals surface area contributed by atoms with Gasteiger partial charge in [0.15, 0.2) is 0 Å². The molecule has 1 heterocycles. The minimum atomic E-state index is -0.871. The lowest BCUT2D eigenvalue weighted by Gasteiger charge is -2.21. The molecule has 1 amide bonds. The van der Waals surface area contributed by atoms with Gasteiger partial charge in [0, 0.05) is 31.2 Å². The van der Waals surface area contributed by atoms with E-state index in [1.807, 2.05) is 23.7 Å². The number of hydrogen-bond acceptors (Lipinski definition) is 4. The van der Waals surface area contributed by atoms with Crippen LogP contribution >= 0.6 is 11.6 Å². The van der Waals surface area contributed by atoms with Crippen LogP contribution in [0.15, 0.2) is 18.2 Å². The van der Waals surface area contributed by atoms with Crippen LogP contribution in [-0.2, 0) is 16.1 Å².